The zero-order valence-corrected chi connectivity index (χ0v) is 12.1. The van der Waals surface area contributed by atoms with Crippen molar-refractivity contribution in [3.8, 4) is 0 Å². The lowest BCUT2D eigenvalue weighted by atomic mass is 9.88. The van der Waals surface area contributed by atoms with Gasteiger partial charge < -0.3 is 5.73 Å². The minimum atomic E-state index is 0.0656. The van der Waals surface area contributed by atoms with Crippen molar-refractivity contribution in [2.24, 2.45) is 5.73 Å². The quantitative estimate of drug-likeness (QED) is 0.908. The van der Waals surface area contributed by atoms with Crippen LogP contribution in [0.15, 0.2) is 24.3 Å². The fraction of sp³-hybridized carbons (Fsp3) is 0.600. The zero-order chi connectivity index (χ0) is 13.2. The van der Waals surface area contributed by atoms with Gasteiger partial charge in [-0.05, 0) is 63.9 Å². The van der Waals surface area contributed by atoms with Gasteiger partial charge in [0.2, 0.25) is 0 Å². The van der Waals surface area contributed by atoms with Crippen molar-refractivity contribution in [1.29, 1.82) is 0 Å². The molecular weight excluding hydrogens is 244 g/mol. The summed E-state index contributed by atoms with van der Waals surface area (Å²) in [5, 5.41) is 0.783. The lowest BCUT2D eigenvalue weighted by Gasteiger charge is -2.40. The third kappa shape index (κ3) is 3.05. The SMILES string of the molecule is CC(C)(C(N)Cc1ccc(Cl)cc1)N1CCCC1. The molecule has 2 N–H and O–H groups in total. The molecule has 1 aromatic carbocycles. The van der Waals surface area contributed by atoms with Crippen LogP contribution in [0.2, 0.25) is 5.02 Å². The van der Waals surface area contributed by atoms with Gasteiger partial charge in [0.1, 0.15) is 0 Å². The lowest BCUT2D eigenvalue weighted by Crippen LogP contribution is -2.55. The minimum absolute atomic E-state index is 0.0656. The third-order valence-electron chi connectivity index (χ3n) is 4.20. The minimum Gasteiger partial charge on any atom is -0.326 e. The molecule has 0 aliphatic carbocycles. The van der Waals surface area contributed by atoms with Crippen LogP contribution in [0.1, 0.15) is 32.3 Å². The molecule has 1 unspecified atom stereocenters. The van der Waals surface area contributed by atoms with E-state index in [1.54, 1.807) is 0 Å². The first kappa shape index (κ1) is 13.9. The van der Waals surface area contributed by atoms with Crippen molar-refractivity contribution in [1.82, 2.24) is 4.90 Å². The average molecular weight is 267 g/mol. The highest BCUT2D eigenvalue weighted by molar-refractivity contribution is 6.30. The van der Waals surface area contributed by atoms with E-state index >= 15 is 0 Å². The van der Waals surface area contributed by atoms with Crippen LogP contribution in [0.5, 0.6) is 0 Å². The van der Waals surface area contributed by atoms with Gasteiger partial charge in [0, 0.05) is 16.6 Å². The molecule has 1 aliphatic heterocycles. The van der Waals surface area contributed by atoms with Crippen molar-refractivity contribution < 1.29 is 0 Å². The van der Waals surface area contributed by atoms with Crippen molar-refractivity contribution in [3.63, 3.8) is 0 Å². The van der Waals surface area contributed by atoms with Gasteiger partial charge in [0.15, 0.2) is 0 Å². The van der Waals surface area contributed by atoms with Crippen molar-refractivity contribution in [3.05, 3.63) is 34.9 Å². The monoisotopic (exact) mass is 266 g/mol. The lowest BCUT2D eigenvalue weighted by molar-refractivity contribution is 0.123. The van der Waals surface area contributed by atoms with E-state index in [1.807, 2.05) is 12.1 Å². The number of nitrogens with two attached hydrogens (primary N) is 1. The molecule has 0 bridgehead atoms. The van der Waals surface area contributed by atoms with Crippen LogP contribution < -0.4 is 5.73 Å². The molecule has 1 aliphatic rings. The number of halogens is 1. The molecule has 18 heavy (non-hydrogen) atoms. The predicted molar refractivity (Wildman–Crippen MR) is 78.0 cm³/mol. The van der Waals surface area contributed by atoms with E-state index < -0.39 is 0 Å². The van der Waals surface area contributed by atoms with Gasteiger partial charge in [0.25, 0.3) is 0 Å². The van der Waals surface area contributed by atoms with Gasteiger partial charge in [0.05, 0.1) is 0 Å². The second-order valence-corrected chi connectivity index (χ2v) is 6.22. The van der Waals surface area contributed by atoms with Crippen LogP contribution in [0.3, 0.4) is 0 Å². The average Bonchev–Trinajstić information content (AvgIpc) is 2.86. The summed E-state index contributed by atoms with van der Waals surface area (Å²) >= 11 is 5.90. The molecular formula is C15H23ClN2. The highest BCUT2D eigenvalue weighted by Gasteiger charge is 2.34. The number of hydrogen-bond donors (Lipinski definition) is 1. The number of rotatable bonds is 4. The smallest absolute Gasteiger partial charge is 0.0406 e. The first-order valence-corrected chi connectivity index (χ1v) is 7.13. The number of nitrogens with zero attached hydrogens (tertiary/aromatic N) is 1. The molecule has 1 atom stereocenters. The molecule has 0 saturated carbocycles. The Bertz CT molecular complexity index is 380. The van der Waals surface area contributed by atoms with Gasteiger partial charge in [-0.3, -0.25) is 4.90 Å². The molecule has 2 nitrogen and oxygen atoms in total. The summed E-state index contributed by atoms with van der Waals surface area (Å²) in [7, 11) is 0. The van der Waals surface area contributed by atoms with Crippen LogP contribution in [0, 0.1) is 0 Å². The summed E-state index contributed by atoms with van der Waals surface area (Å²) in [4.78, 5) is 2.52. The molecule has 0 radical (unpaired) electrons. The van der Waals surface area contributed by atoms with Crippen molar-refractivity contribution in [2.75, 3.05) is 13.1 Å². The second kappa shape index (κ2) is 5.60. The molecule has 0 spiro atoms. The highest BCUT2D eigenvalue weighted by atomic mass is 35.5. The Balaban J connectivity index is 2.01. The molecule has 1 fully saturated rings. The van der Waals surface area contributed by atoms with Gasteiger partial charge in [-0.1, -0.05) is 23.7 Å². The maximum Gasteiger partial charge on any atom is 0.0406 e. The number of hydrogen-bond acceptors (Lipinski definition) is 2. The first-order chi connectivity index (χ1) is 8.50. The summed E-state index contributed by atoms with van der Waals surface area (Å²) in [6, 6.07) is 8.17. The molecule has 1 aromatic rings. The van der Waals surface area contributed by atoms with E-state index in [2.05, 4.69) is 30.9 Å². The van der Waals surface area contributed by atoms with Crippen LogP contribution in [-0.4, -0.2) is 29.6 Å². The van der Waals surface area contributed by atoms with E-state index in [1.165, 1.54) is 31.5 Å². The van der Waals surface area contributed by atoms with Gasteiger partial charge >= 0.3 is 0 Å². The van der Waals surface area contributed by atoms with E-state index in [0.29, 0.717) is 0 Å². The summed E-state index contributed by atoms with van der Waals surface area (Å²) < 4.78 is 0. The maximum atomic E-state index is 6.43. The molecule has 0 amide bonds. The van der Waals surface area contributed by atoms with Crippen LogP contribution >= 0.6 is 11.6 Å². The molecule has 3 heteroatoms. The highest BCUT2D eigenvalue weighted by Crippen LogP contribution is 2.25. The van der Waals surface area contributed by atoms with E-state index in [-0.39, 0.29) is 11.6 Å². The Morgan fingerprint density at radius 3 is 2.33 bits per heavy atom. The fourth-order valence-electron chi connectivity index (χ4n) is 2.65. The van der Waals surface area contributed by atoms with Crippen molar-refractivity contribution in [2.45, 2.75) is 44.7 Å². The van der Waals surface area contributed by atoms with Crippen LogP contribution in [0.25, 0.3) is 0 Å². The molecule has 1 heterocycles. The Labute approximate surface area is 115 Å². The topological polar surface area (TPSA) is 29.3 Å². The van der Waals surface area contributed by atoms with E-state index in [4.69, 9.17) is 17.3 Å². The Kier molecular flexibility index (Phi) is 4.31. The number of benzene rings is 1. The summed E-state index contributed by atoms with van der Waals surface area (Å²) in [6.45, 7) is 6.89. The van der Waals surface area contributed by atoms with Crippen molar-refractivity contribution >= 4 is 11.6 Å². The molecule has 0 aromatic heterocycles. The fourth-order valence-corrected chi connectivity index (χ4v) is 2.78. The van der Waals surface area contributed by atoms with Gasteiger partial charge in [-0.25, -0.2) is 0 Å². The first-order valence-electron chi connectivity index (χ1n) is 6.75. The normalized spacial score (nSPS) is 19.1. The Hall–Kier alpha value is -0.570. The van der Waals surface area contributed by atoms with Gasteiger partial charge in [-0.2, -0.15) is 0 Å². The van der Waals surface area contributed by atoms with Crippen LogP contribution in [0.4, 0.5) is 0 Å². The molecule has 1 saturated heterocycles. The zero-order valence-electron chi connectivity index (χ0n) is 11.3. The largest absolute Gasteiger partial charge is 0.326 e. The Morgan fingerprint density at radius 1 is 1.22 bits per heavy atom. The maximum absolute atomic E-state index is 6.43. The summed E-state index contributed by atoms with van der Waals surface area (Å²) in [5.74, 6) is 0. The Morgan fingerprint density at radius 2 is 1.78 bits per heavy atom. The molecule has 2 rings (SSSR count). The second-order valence-electron chi connectivity index (χ2n) is 5.78. The predicted octanol–water partition coefficient (Wildman–Crippen LogP) is 3.08. The van der Waals surface area contributed by atoms with E-state index in [0.717, 1.165) is 11.4 Å². The van der Waals surface area contributed by atoms with Gasteiger partial charge in [-0.15, -0.1) is 0 Å². The standard InChI is InChI=1S/C15H23ClN2/c1-15(2,18-9-3-4-10-18)14(17)11-12-5-7-13(16)8-6-12/h5-8,14H,3-4,9-11,17H2,1-2H3. The number of likely N-dealkylation sites (tertiary alicyclic amines) is 1. The summed E-state index contributed by atoms with van der Waals surface area (Å²) in [5.41, 5.74) is 7.76. The van der Waals surface area contributed by atoms with E-state index in [9.17, 15) is 0 Å². The van der Waals surface area contributed by atoms with Crippen LogP contribution in [-0.2, 0) is 6.42 Å². The molecule has 100 valence electrons. The third-order valence-corrected chi connectivity index (χ3v) is 4.45. The summed E-state index contributed by atoms with van der Waals surface area (Å²) in [6.07, 6.45) is 3.51.